The fourth-order valence-electron chi connectivity index (χ4n) is 9.78. The quantitative estimate of drug-likeness (QED) is 0.260. The summed E-state index contributed by atoms with van der Waals surface area (Å²) in [5, 5.41) is 15.5. The summed E-state index contributed by atoms with van der Waals surface area (Å²) >= 11 is 6.36. The van der Waals surface area contributed by atoms with Gasteiger partial charge in [0.15, 0.2) is 0 Å². The summed E-state index contributed by atoms with van der Waals surface area (Å²) in [6.07, 6.45) is 5.74. The van der Waals surface area contributed by atoms with Crippen molar-refractivity contribution < 1.29 is 18.8 Å². The molecule has 57 heavy (non-hydrogen) atoms. The van der Waals surface area contributed by atoms with Crippen molar-refractivity contribution in [2.45, 2.75) is 64.0 Å². The van der Waals surface area contributed by atoms with Gasteiger partial charge in [-0.15, -0.1) is 0 Å². The summed E-state index contributed by atoms with van der Waals surface area (Å²) in [6.45, 7) is 10.8. The topological polar surface area (TPSA) is 115 Å². The van der Waals surface area contributed by atoms with Gasteiger partial charge >= 0.3 is 0 Å². The number of rotatable bonds is 8. The second-order valence-electron chi connectivity index (χ2n) is 16.8. The first-order valence-electron chi connectivity index (χ1n) is 20.5. The van der Waals surface area contributed by atoms with E-state index in [4.69, 9.17) is 11.6 Å². The summed E-state index contributed by atoms with van der Waals surface area (Å²) in [6, 6.07) is 21.0. The Bertz CT molecular complexity index is 2030. The molecule has 13 heteroatoms. The van der Waals surface area contributed by atoms with Crippen LogP contribution in [-0.2, 0) is 9.59 Å². The van der Waals surface area contributed by atoms with Crippen LogP contribution in [0.5, 0.6) is 0 Å². The van der Waals surface area contributed by atoms with Crippen LogP contribution in [0.4, 0.5) is 27.1 Å². The Morgan fingerprint density at radius 2 is 1.63 bits per heavy atom. The Morgan fingerprint density at radius 1 is 0.912 bits per heavy atom. The molecule has 300 valence electrons. The maximum absolute atomic E-state index is 15.6. The van der Waals surface area contributed by atoms with Crippen LogP contribution in [0.2, 0.25) is 5.02 Å². The molecule has 2 atom stereocenters. The van der Waals surface area contributed by atoms with Crippen molar-refractivity contribution >= 4 is 52.1 Å². The Labute approximate surface area is 339 Å². The normalized spacial score (nSPS) is 23.1. The first-order chi connectivity index (χ1) is 27.6. The van der Waals surface area contributed by atoms with E-state index in [9.17, 15) is 19.6 Å². The van der Waals surface area contributed by atoms with Gasteiger partial charge in [-0.1, -0.05) is 17.7 Å². The van der Waals surface area contributed by atoms with Crippen molar-refractivity contribution in [3.63, 3.8) is 0 Å². The number of piperazine rings is 1. The highest BCUT2D eigenvalue weighted by Gasteiger charge is 2.44. The SMILES string of the molecule is C[C@H]1CC2(CCN(c3ccc(C(=O)N4CCC(CN5CCN(c6cccc(N[C@@H]7CCC(=O)NC7=O)c6)CC5)CC4)c(F)c3)CC2)CN1c1ccc(C#N)c(Cl)c1. The van der Waals surface area contributed by atoms with Crippen LogP contribution in [0.1, 0.15) is 67.8 Å². The minimum Gasteiger partial charge on any atom is -0.374 e. The molecular weight excluding hydrogens is 743 g/mol. The second kappa shape index (κ2) is 16.5. The maximum Gasteiger partial charge on any atom is 0.256 e. The largest absolute Gasteiger partial charge is 0.374 e. The van der Waals surface area contributed by atoms with Crippen molar-refractivity contribution in [2.75, 3.05) is 85.5 Å². The molecule has 5 fully saturated rings. The van der Waals surface area contributed by atoms with Crippen LogP contribution < -0.4 is 25.3 Å². The number of likely N-dealkylation sites (tertiary alicyclic amines) is 1. The zero-order valence-corrected chi connectivity index (χ0v) is 33.4. The van der Waals surface area contributed by atoms with Gasteiger partial charge in [-0.25, -0.2) is 4.39 Å². The first-order valence-corrected chi connectivity index (χ1v) is 20.9. The van der Waals surface area contributed by atoms with Crippen LogP contribution in [0.15, 0.2) is 60.7 Å². The van der Waals surface area contributed by atoms with Gasteiger partial charge in [-0.05, 0) is 111 Å². The van der Waals surface area contributed by atoms with Gasteiger partial charge in [0.05, 0.1) is 16.1 Å². The highest BCUT2D eigenvalue weighted by molar-refractivity contribution is 6.32. The number of carbonyl (C=O) groups excluding carboxylic acids is 3. The Hall–Kier alpha value is -4.86. The van der Waals surface area contributed by atoms with Crippen LogP contribution in [0.25, 0.3) is 0 Å². The zero-order chi connectivity index (χ0) is 39.7. The molecule has 0 saturated carbocycles. The molecule has 0 aliphatic carbocycles. The minimum atomic E-state index is -0.451. The summed E-state index contributed by atoms with van der Waals surface area (Å²) in [4.78, 5) is 48.6. The third kappa shape index (κ3) is 8.56. The smallest absolute Gasteiger partial charge is 0.256 e. The van der Waals surface area contributed by atoms with E-state index in [1.807, 2.05) is 35.2 Å². The van der Waals surface area contributed by atoms with E-state index >= 15 is 4.39 Å². The molecule has 3 amide bonds. The highest BCUT2D eigenvalue weighted by Crippen LogP contribution is 2.46. The fourth-order valence-corrected chi connectivity index (χ4v) is 10.00. The number of piperidine rings is 3. The number of imide groups is 1. The number of benzene rings is 3. The monoisotopic (exact) mass is 794 g/mol. The van der Waals surface area contributed by atoms with Crippen LogP contribution >= 0.6 is 11.6 Å². The third-order valence-electron chi connectivity index (χ3n) is 13.1. The molecule has 8 rings (SSSR count). The summed E-state index contributed by atoms with van der Waals surface area (Å²) in [5.74, 6) is -0.669. The molecule has 1 spiro atoms. The fraction of sp³-hybridized carbons (Fsp3) is 0.500. The van der Waals surface area contributed by atoms with E-state index in [2.05, 4.69) is 55.4 Å². The molecule has 0 bridgehead atoms. The number of hydrogen-bond donors (Lipinski definition) is 2. The van der Waals surface area contributed by atoms with Crippen molar-refractivity contribution in [1.82, 2.24) is 15.1 Å². The number of nitrogens with one attached hydrogen (secondary N) is 2. The lowest BCUT2D eigenvalue weighted by atomic mass is 9.76. The van der Waals surface area contributed by atoms with Crippen molar-refractivity contribution in [3.8, 4) is 6.07 Å². The predicted molar refractivity (Wildman–Crippen MR) is 221 cm³/mol. The Morgan fingerprint density at radius 3 is 2.33 bits per heavy atom. The summed E-state index contributed by atoms with van der Waals surface area (Å²) in [7, 11) is 0. The van der Waals surface area contributed by atoms with Crippen molar-refractivity contribution in [3.05, 3.63) is 82.6 Å². The molecule has 5 aliphatic heterocycles. The minimum absolute atomic E-state index is 0.152. The average molecular weight is 795 g/mol. The van der Waals surface area contributed by atoms with Gasteiger partial charge in [0, 0.05) is 101 Å². The van der Waals surface area contributed by atoms with Crippen LogP contribution in [0, 0.1) is 28.5 Å². The number of amides is 3. The molecule has 5 saturated heterocycles. The predicted octanol–water partition coefficient (Wildman–Crippen LogP) is 6.13. The average Bonchev–Trinajstić information content (AvgIpc) is 3.54. The lowest BCUT2D eigenvalue weighted by Crippen LogP contribution is -2.49. The van der Waals surface area contributed by atoms with E-state index in [0.29, 0.717) is 48.5 Å². The number of halogens is 2. The maximum atomic E-state index is 15.6. The lowest BCUT2D eigenvalue weighted by molar-refractivity contribution is -0.133. The summed E-state index contributed by atoms with van der Waals surface area (Å²) < 4.78 is 15.6. The van der Waals surface area contributed by atoms with Gasteiger partial charge < -0.3 is 24.9 Å². The highest BCUT2D eigenvalue weighted by atomic mass is 35.5. The Balaban J connectivity index is 0.778. The molecule has 2 N–H and O–H groups in total. The van der Waals surface area contributed by atoms with Crippen LogP contribution in [0.3, 0.4) is 0 Å². The van der Waals surface area contributed by atoms with E-state index in [-0.39, 0.29) is 28.7 Å². The van der Waals surface area contributed by atoms with Crippen molar-refractivity contribution in [2.24, 2.45) is 11.3 Å². The van der Waals surface area contributed by atoms with E-state index in [1.54, 1.807) is 18.2 Å². The number of hydrogen-bond acceptors (Lipinski definition) is 9. The van der Waals surface area contributed by atoms with Crippen molar-refractivity contribution in [1.29, 1.82) is 5.26 Å². The standard InChI is InChI=1S/C44H52ClFN8O3/c1-30-26-44(29-54(30)36-6-5-32(27-47)38(45)24-36)13-17-51(18-14-44)35-7-8-37(39(46)25-35)43(57)53-15-11-31(12-16-53)28-50-19-21-52(22-20-50)34-4-2-3-33(23-34)48-40-9-10-41(55)49-42(40)56/h2-8,23-25,30-31,40,48H,9-22,26,28-29H2,1H3,(H,49,55,56)/t30-,40+/m0/s1. The zero-order valence-electron chi connectivity index (χ0n) is 32.7. The van der Waals surface area contributed by atoms with Crippen LogP contribution in [-0.4, -0.2) is 105 Å². The molecule has 5 heterocycles. The first kappa shape index (κ1) is 39.0. The van der Waals surface area contributed by atoms with E-state index < -0.39 is 11.9 Å². The van der Waals surface area contributed by atoms with Gasteiger partial charge in [-0.3, -0.25) is 24.6 Å². The number of nitrogens with zero attached hydrogens (tertiary/aromatic N) is 6. The van der Waals surface area contributed by atoms with Gasteiger partial charge in [0.1, 0.15) is 17.9 Å². The lowest BCUT2D eigenvalue weighted by Gasteiger charge is -2.40. The summed E-state index contributed by atoms with van der Waals surface area (Å²) in [5.41, 5.74) is 4.69. The number of anilines is 4. The number of nitriles is 1. The second-order valence-corrected chi connectivity index (χ2v) is 17.2. The van der Waals surface area contributed by atoms with Gasteiger partial charge in [0.2, 0.25) is 11.8 Å². The molecule has 0 unspecified atom stereocenters. The van der Waals surface area contributed by atoms with E-state index in [0.717, 1.165) is 107 Å². The number of carbonyl (C=O) groups is 3. The molecule has 11 nitrogen and oxygen atoms in total. The molecule has 3 aromatic carbocycles. The molecular formula is C44H52ClFN8O3. The molecule has 3 aromatic rings. The molecule has 0 aromatic heterocycles. The Kier molecular flexibility index (Phi) is 11.3. The molecule has 5 aliphatic rings. The molecule has 0 radical (unpaired) electrons. The van der Waals surface area contributed by atoms with Gasteiger partial charge in [0.25, 0.3) is 5.91 Å². The third-order valence-corrected chi connectivity index (χ3v) is 13.4. The van der Waals surface area contributed by atoms with Gasteiger partial charge in [-0.2, -0.15) is 5.26 Å². The van der Waals surface area contributed by atoms with E-state index in [1.165, 1.54) is 0 Å².